The second kappa shape index (κ2) is 4.69. The predicted molar refractivity (Wildman–Crippen MR) is 59.9 cm³/mol. The molecule has 1 aromatic rings. The summed E-state index contributed by atoms with van der Waals surface area (Å²) in [5.74, 6) is -4.99. The number of hydrogen-bond acceptors (Lipinski definition) is 3. The average Bonchev–Trinajstić information content (AvgIpc) is 2.69. The van der Waals surface area contributed by atoms with Crippen LogP contribution < -0.4 is 5.32 Å². The number of nitrogens with one attached hydrogen (secondary N) is 1. The van der Waals surface area contributed by atoms with Crippen LogP contribution in [0.15, 0.2) is 18.2 Å². The predicted octanol–water partition coefficient (Wildman–Crippen LogP) is 1.37. The molecule has 108 valence electrons. The Bertz CT molecular complexity index is 570. The number of fused-ring (bicyclic) bond motifs is 1. The molecule has 0 saturated carbocycles. The normalized spacial score (nSPS) is 21.4. The number of carbonyl (C=O) groups excluding carboxylic acids is 1. The van der Waals surface area contributed by atoms with Gasteiger partial charge in [-0.05, 0) is 18.1 Å². The SMILES string of the molecule is O=C(O)C1Cc2c(O)cccc2C1NC(=O)C(F)(F)F. The van der Waals surface area contributed by atoms with Crippen molar-refractivity contribution in [2.75, 3.05) is 0 Å². The number of amides is 1. The fourth-order valence-electron chi connectivity index (χ4n) is 2.29. The fraction of sp³-hybridized carbons (Fsp3) is 0.333. The molecule has 0 heterocycles. The van der Waals surface area contributed by atoms with Crippen LogP contribution in [-0.4, -0.2) is 28.3 Å². The number of phenolic OH excluding ortho intramolecular Hbond substituents is 1. The fourth-order valence-corrected chi connectivity index (χ4v) is 2.29. The molecule has 1 aliphatic rings. The molecule has 0 aromatic heterocycles. The summed E-state index contributed by atoms with van der Waals surface area (Å²) in [7, 11) is 0. The minimum absolute atomic E-state index is 0.139. The number of aliphatic carboxylic acids is 1. The van der Waals surface area contributed by atoms with Gasteiger partial charge < -0.3 is 15.5 Å². The first-order valence-corrected chi connectivity index (χ1v) is 5.63. The Balaban J connectivity index is 2.36. The highest BCUT2D eigenvalue weighted by Crippen LogP contribution is 2.40. The molecule has 2 unspecified atom stereocenters. The first-order chi connectivity index (χ1) is 9.21. The third-order valence-electron chi connectivity index (χ3n) is 3.21. The lowest BCUT2D eigenvalue weighted by atomic mass is 10.0. The van der Waals surface area contributed by atoms with E-state index in [1.165, 1.54) is 18.2 Å². The van der Waals surface area contributed by atoms with Crippen LogP contribution in [0.1, 0.15) is 17.2 Å². The summed E-state index contributed by atoms with van der Waals surface area (Å²) in [5, 5.41) is 20.3. The molecule has 8 heteroatoms. The monoisotopic (exact) mass is 289 g/mol. The smallest absolute Gasteiger partial charge is 0.471 e. The maximum Gasteiger partial charge on any atom is 0.471 e. The molecule has 20 heavy (non-hydrogen) atoms. The van der Waals surface area contributed by atoms with E-state index in [0.717, 1.165) is 0 Å². The van der Waals surface area contributed by atoms with Gasteiger partial charge in [-0.15, -0.1) is 0 Å². The average molecular weight is 289 g/mol. The van der Waals surface area contributed by atoms with Crippen LogP contribution in [0.25, 0.3) is 0 Å². The largest absolute Gasteiger partial charge is 0.508 e. The summed E-state index contributed by atoms with van der Waals surface area (Å²) in [5.41, 5.74) is 0.433. The molecule has 0 fully saturated rings. The third kappa shape index (κ3) is 2.40. The van der Waals surface area contributed by atoms with Crippen molar-refractivity contribution in [2.24, 2.45) is 5.92 Å². The van der Waals surface area contributed by atoms with E-state index in [1.54, 1.807) is 5.32 Å². The topological polar surface area (TPSA) is 86.6 Å². The molecule has 0 saturated heterocycles. The number of hydrogen-bond donors (Lipinski definition) is 3. The Morgan fingerprint density at radius 2 is 1.95 bits per heavy atom. The van der Waals surface area contributed by atoms with Crippen LogP contribution in [0.4, 0.5) is 13.2 Å². The van der Waals surface area contributed by atoms with E-state index >= 15 is 0 Å². The quantitative estimate of drug-likeness (QED) is 0.767. The van der Waals surface area contributed by atoms with Crippen LogP contribution in [0.2, 0.25) is 0 Å². The van der Waals surface area contributed by atoms with Gasteiger partial charge in [0.15, 0.2) is 0 Å². The van der Waals surface area contributed by atoms with Gasteiger partial charge in [0.1, 0.15) is 5.75 Å². The van der Waals surface area contributed by atoms with Crippen LogP contribution in [0.5, 0.6) is 5.75 Å². The second-order valence-electron chi connectivity index (χ2n) is 4.44. The van der Waals surface area contributed by atoms with Crippen molar-refractivity contribution < 1.29 is 33.0 Å². The maximum atomic E-state index is 12.3. The summed E-state index contributed by atoms with van der Waals surface area (Å²) in [6, 6.07) is 2.76. The highest BCUT2D eigenvalue weighted by Gasteiger charge is 2.45. The van der Waals surface area contributed by atoms with Crippen molar-refractivity contribution in [2.45, 2.75) is 18.6 Å². The van der Waals surface area contributed by atoms with Gasteiger partial charge >= 0.3 is 18.1 Å². The van der Waals surface area contributed by atoms with Crippen molar-refractivity contribution in [3.8, 4) is 5.75 Å². The summed E-state index contributed by atoms with van der Waals surface area (Å²) < 4.78 is 36.8. The molecule has 0 aliphatic heterocycles. The number of rotatable bonds is 2. The number of phenols is 1. The lowest BCUT2D eigenvalue weighted by molar-refractivity contribution is -0.175. The minimum atomic E-state index is -5.09. The molecule has 0 bridgehead atoms. The third-order valence-corrected chi connectivity index (χ3v) is 3.21. The highest BCUT2D eigenvalue weighted by molar-refractivity contribution is 5.84. The van der Waals surface area contributed by atoms with E-state index in [9.17, 15) is 27.9 Å². The lowest BCUT2D eigenvalue weighted by Gasteiger charge is -2.19. The molecular formula is C12H10F3NO4. The molecule has 1 amide bonds. The van der Waals surface area contributed by atoms with Gasteiger partial charge in [0.25, 0.3) is 0 Å². The summed E-state index contributed by atoms with van der Waals surface area (Å²) in [6.45, 7) is 0. The lowest BCUT2D eigenvalue weighted by Crippen LogP contribution is -2.42. The number of alkyl halides is 3. The standard InChI is InChI=1S/C12H10F3NO4/c13-12(14,15)11(20)16-9-5-2-1-3-8(17)6(5)4-7(9)10(18)19/h1-3,7,9,17H,4H2,(H,16,20)(H,18,19). The first-order valence-electron chi connectivity index (χ1n) is 5.63. The molecule has 1 aliphatic carbocycles. The van der Waals surface area contributed by atoms with Gasteiger partial charge in [-0.3, -0.25) is 9.59 Å². The van der Waals surface area contributed by atoms with Crippen molar-refractivity contribution in [1.82, 2.24) is 5.32 Å². The van der Waals surface area contributed by atoms with Crippen LogP contribution in [-0.2, 0) is 16.0 Å². The van der Waals surface area contributed by atoms with E-state index < -0.39 is 30.0 Å². The Hall–Kier alpha value is -2.25. The Labute approximate surface area is 111 Å². The summed E-state index contributed by atoms with van der Waals surface area (Å²) in [6.07, 6.45) is -5.23. The van der Waals surface area contributed by atoms with Crippen molar-refractivity contribution in [3.63, 3.8) is 0 Å². The van der Waals surface area contributed by atoms with Gasteiger partial charge in [-0.1, -0.05) is 12.1 Å². The minimum Gasteiger partial charge on any atom is -0.508 e. The van der Waals surface area contributed by atoms with E-state index in [2.05, 4.69) is 0 Å². The maximum absolute atomic E-state index is 12.3. The zero-order valence-electron chi connectivity index (χ0n) is 9.94. The molecule has 3 N–H and O–H groups in total. The first kappa shape index (κ1) is 14.2. The van der Waals surface area contributed by atoms with Gasteiger partial charge in [0.05, 0.1) is 12.0 Å². The number of aromatic hydroxyl groups is 1. The highest BCUT2D eigenvalue weighted by atomic mass is 19.4. The summed E-state index contributed by atoms with van der Waals surface area (Å²) >= 11 is 0. The van der Waals surface area contributed by atoms with E-state index in [0.29, 0.717) is 0 Å². The zero-order chi connectivity index (χ0) is 15.1. The zero-order valence-corrected chi connectivity index (χ0v) is 9.94. The Morgan fingerprint density at radius 3 is 2.50 bits per heavy atom. The Kier molecular flexibility index (Phi) is 3.33. The van der Waals surface area contributed by atoms with Gasteiger partial charge in [0, 0.05) is 5.56 Å². The molecule has 2 atom stereocenters. The van der Waals surface area contributed by atoms with Crippen molar-refractivity contribution >= 4 is 11.9 Å². The number of halogens is 3. The van der Waals surface area contributed by atoms with E-state index in [4.69, 9.17) is 5.11 Å². The summed E-state index contributed by atoms with van der Waals surface area (Å²) in [4.78, 5) is 22.1. The molecule has 0 radical (unpaired) electrons. The second-order valence-corrected chi connectivity index (χ2v) is 4.44. The molecule has 2 rings (SSSR count). The van der Waals surface area contributed by atoms with Crippen LogP contribution in [0.3, 0.4) is 0 Å². The van der Waals surface area contributed by atoms with Crippen molar-refractivity contribution in [1.29, 1.82) is 0 Å². The van der Waals surface area contributed by atoms with E-state index in [1.807, 2.05) is 0 Å². The number of carboxylic acid groups (broad SMARTS) is 1. The molecular weight excluding hydrogens is 279 g/mol. The Morgan fingerprint density at radius 1 is 1.30 bits per heavy atom. The van der Waals surface area contributed by atoms with Gasteiger partial charge in [-0.25, -0.2) is 0 Å². The number of carbonyl (C=O) groups is 2. The van der Waals surface area contributed by atoms with Gasteiger partial charge in [0.2, 0.25) is 0 Å². The molecule has 0 spiro atoms. The number of carboxylic acids is 1. The molecule has 1 aromatic carbocycles. The van der Waals surface area contributed by atoms with Gasteiger partial charge in [-0.2, -0.15) is 13.2 Å². The van der Waals surface area contributed by atoms with E-state index in [-0.39, 0.29) is 23.3 Å². The number of benzene rings is 1. The molecule has 5 nitrogen and oxygen atoms in total. The van der Waals surface area contributed by atoms with Crippen molar-refractivity contribution in [3.05, 3.63) is 29.3 Å². The van der Waals surface area contributed by atoms with Crippen LogP contribution in [0, 0.1) is 5.92 Å². The van der Waals surface area contributed by atoms with Crippen LogP contribution >= 0.6 is 0 Å².